The van der Waals surface area contributed by atoms with Crippen molar-refractivity contribution in [3.05, 3.63) is 60.6 Å². The van der Waals surface area contributed by atoms with Crippen LogP contribution in [-0.2, 0) is 14.2 Å². The highest BCUT2D eigenvalue weighted by molar-refractivity contribution is 7.99. The molecule has 2 aliphatic rings. The number of hydrogen-bond acceptors (Lipinski definition) is 9. The molecule has 2 heterocycles. The molecular formula is C24H29NO6S2. The Morgan fingerprint density at radius 2 is 1.39 bits per heavy atom. The molecule has 0 spiro atoms. The summed E-state index contributed by atoms with van der Waals surface area (Å²) in [4.78, 5) is 4.38. The molecule has 2 aromatic rings. The molecule has 0 amide bonds. The number of ether oxygens (including phenoxy) is 3. The number of aliphatic hydroxyl groups excluding tert-OH is 1. The van der Waals surface area contributed by atoms with Gasteiger partial charge in [-0.05, 0) is 62.4 Å². The van der Waals surface area contributed by atoms with E-state index < -0.39 is 11.9 Å². The Hall–Kier alpha value is -2.04. The molecule has 4 rings (SSSR count). The van der Waals surface area contributed by atoms with E-state index in [-0.39, 0.29) is 23.8 Å². The number of thioether (sulfide) groups is 2. The highest BCUT2D eigenvalue weighted by atomic mass is 32.2. The lowest BCUT2D eigenvalue weighted by Crippen LogP contribution is -2.46. The van der Waals surface area contributed by atoms with Crippen LogP contribution >= 0.6 is 23.5 Å². The third-order valence-corrected chi connectivity index (χ3v) is 7.39. The average molecular weight is 492 g/mol. The molecule has 3 N–H and O–H groups in total. The van der Waals surface area contributed by atoms with Gasteiger partial charge in [0.2, 0.25) is 0 Å². The third-order valence-electron chi connectivity index (χ3n) is 5.40. The van der Waals surface area contributed by atoms with Gasteiger partial charge in [0.05, 0.1) is 0 Å². The molecule has 2 aromatic carbocycles. The summed E-state index contributed by atoms with van der Waals surface area (Å²) in [5.74, 6) is 1.77. The van der Waals surface area contributed by atoms with Crippen LogP contribution in [0.25, 0.3) is 0 Å². The van der Waals surface area contributed by atoms with Crippen molar-refractivity contribution >= 4 is 23.5 Å². The predicted octanol–water partition coefficient (Wildman–Crippen LogP) is 4.56. The Morgan fingerprint density at radius 3 is 1.88 bits per heavy atom. The van der Waals surface area contributed by atoms with Crippen LogP contribution < -0.4 is 0 Å². The van der Waals surface area contributed by atoms with Crippen molar-refractivity contribution in [3.8, 4) is 11.5 Å². The number of phenols is 2. The Labute approximate surface area is 202 Å². The fourth-order valence-electron chi connectivity index (χ4n) is 3.89. The standard InChI is InChI=1S/C24H29NO6S2/c1-24(2)30-21-20(15-26)29-23(22(21)31-24)25(11-13-32-18-7-3-16(27)4-8-18)12-14-33-19-9-5-17(28)6-10-19/h3-10,15,21-23,26-28H,11-14H2,1-2H3/b20-15+/t21?,22-,23?/m1/s1. The molecule has 3 atom stereocenters. The smallest absolute Gasteiger partial charge is 0.182 e. The van der Waals surface area contributed by atoms with Gasteiger partial charge in [-0.15, -0.1) is 23.5 Å². The minimum absolute atomic E-state index is 0.252. The van der Waals surface area contributed by atoms with Crippen molar-refractivity contribution in [2.75, 3.05) is 24.6 Å². The molecule has 2 aliphatic heterocycles. The molecule has 0 saturated carbocycles. The first-order valence-corrected chi connectivity index (χ1v) is 12.8. The molecule has 2 fully saturated rings. The Balaban J connectivity index is 1.43. The monoisotopic (exact) mass is 491 g/mol. The second-order valence-electron chi connectivity index (χ2n) is 8.28. The third kappa shape index (κ3) is 6.10. The first kappa shape index (κ1) is 24.1. The van der Waals surface area contributed by atoms with Gasteiger partial charge in [-0.3, -0.25) is 4.90 Å². The molecule has 0 radical (unpaired) electrons. The van der Waals surface area contributed by atoms with E-state index in [1.807, 2.05) is 38.1 Å². The van der Waals surface area contributed by atoms with Gasteiger partial charge >= 0.3 is 0 Å². The van der Waals surface area contributed by atoms with Crippen LogP contribution in [0, 0.1) is 0 Å². The maximum atomic E-state index is 9.69. The highest BCUT2D eigenvalue weighted by Gasteiger charge is 2.55. The highest BCUT2D eigenvalue weighted by Crippen LogP contribution is 2.41. The van der Waals surface area contributed by atoms with Gasteiger partial charge in [0.25, 0.3) is 0 Å². The van der Waals surface area contributed by atoms with E-state index in [4.69, 9.17) is 14.2 Å². The summed E-state index contributed by atoms with van der Waals surface area (Å²) >= 11 is 3.40. The normalized spacial score (nSPS) is 24.8. The van der Waals surface area contributed by atoms with Crippen LogP contribution in [0.2, 0.25) is 0 Å². The van der Waals surface area contributed by atoms with Gasteiger partial charge < -0.3 is 29.5 Å². The second-order valence-corrected chi connectivity index (χ2v) is 10.6. The molecule has 0 aromatic heterocycles. The van der Waals surface area contributed by atoms with Gasteiger partial charge in [-0.25, -0.2) is 0 Å². The van der Waals surface area contributed by atoms with Crippen LogP contribution in [-0.4, -0.2) is 69.0 Å². The number of benzene rings is 2. The van der Waals surface area contributed by atoms with E-state index in [1.54, 1.807) is 47.8 Å². The summed E-state index contributed by atoms with van der Waals surface area (Å²) in [7, 11) is 0. The number of aromatic hydroxyl groups is 2. The topological polar surface area (TPSA) is 91.6 Å². The largest absolute Gasteiger partial charge is 0.512 e. The number of aliphatic hydroxyl groups is 1. The molecular weight excluding hydrogens is 462 g/mol. The molecule has 0 bridgehead atoms. The van der Waals surface area contributed by atoms with Gasteiger partial charge in [-0.2, -0.15) is 0 Å². The SMILES string of the molecule is CC1(C)OC2/C(=C\O)OC(N(CCSc3ccc(O)cc3)CCSc3ccc(O)cc3)[C@@H]2O1. The van der Waals surface area contributed by atoms with Crippen LogP contribution in [0.15, 0.2) is 70.3 Å². The molecule has 178 valence electrons. The Bertz CT molecular complexity index is 899. The number of nitrogens with zero attached hydrogens (tertiary/aromatic N) is 1. The molecule has 2 saturated heterocycles. The number of phenolic OH excluding ortho intramolecular Hbond substituents is 2. The summed E-state index contributed by atoms with van der Waals surface area (Å²) in [6.07, 6.45) is -0.185. The lowest BCUT2D eigenvalue weighted by atomic mass is 10.2. The first-order chi connectivity index (χ1) is 15.8. The summed E-state index contributed by atoms with van der Waals surface area (Å²) < 4.78 is 18.2. The summed E-state index contributed by atoms with van der Waals surface area (Å²) in [5.41, 5.74) is 0. The molecule has 0 aliphatic carbocycles. The summed E-state index contributed by atoms with van der Waals surface area (Å²) in [6, 6.07) is 14.3. The zero-order valence-electron chi connectivity index (χ0n) is 18.6. The van der Waals surface area contributed by atoms with Gasteiger partial charge in [0.15, 0.2) is 23.9 Å². The maximum absolute atomic E-state index is 9.69. The average Bonchev–Trinajstić information content (AvgIpc) is 3.28. The van der Waals surface area contributed by atoms with Crippen molar-refractivity contribution in [2.24, 2.45) is 0 Å². The van der Waals surface area contributed by atoms with Crippen molar-refractivity contribution < 1.29 is 29.5 Å². The quantitative estimate of drug-likeness (QED) is 0.345. The van der Waals surface area contributed by atoms with E-state index in [1.165, 1.54) is 0 Å². The lowest BCUT2D eigenvalue weighted by molar-refractivity contribution is -0.182. The van der Waals surface area contributed by atoms with E-state index in [9.17, 15) is 15.3 Å². The number of fused-ring (bicyclic) bond motifs is 1. The summed E-state index contributed by atoms with van der Waals surface area (Å²) in [6.45, 7) is 5.20. The number of rotatable bonds is 9. The molecule has 7 nitrogen and oxygen atoms in total. The van der Waals surface area contributed by atoms with Crippen LogP contribution in [0.4, 0.5) is 0 Å². The number of hydrogen-bond donors (Lipinski definition) is 3. The van der Waals surface area contributed by atoms with Crippen LogP contribution in [0.1, 0.15) is 13.8 Å². The zero-order valence-corrected chi connectivity index (χ0v) is 20.2. The maximum Gasteiger partial charge on any atom is 0.182 e. The van der Waals surface area contributed by atoms with Crippen LogP contribution in [0.5, 0.6) is 11.5 Å². The van der Waals surface area contributed by atoms with Crippen molar-refractivity contribution in [2.45, 2.75) is 47.9 Å². The van der Waals surface area contributed by atoms with E-state index in [0.29, 0.717) is 5.76 Å². The fraction of sp³-hybridized carbons (Fsp3) is 0.417. The Morgan fingerprint density at radius 1 is 0.879 bits per heavy atom. The van der Waals surface area contributed by atoms with E-state index in [2.05, 4.69) is 4.90 Å². The second kappa shape index (κ2) is 10.5. The van der Waals surface area contributed by atoms with Crippen molar-refractivity contribution in [3.63, 3.8) is 0 Å². The van der Waals surface area contributed by atoms with Gasteiger partial charge in [0, 0.05) is 34.4 Å². The fourth-order valence-corrected chi connectivity index (χ4v) is 5.67. The van der Waals surface area contributed by atoms with Gasteiger partial charge in [0.1, 0.15) is 23.9 Å². The predicted molar refractivity (Wildman–Crippen MR) is 129 cm³/mol. The minimum atomic E-state index is -0.751. The zero-order chi connectivity index (χ0) is 23.4. The van der Waals surface area contributed by atoms with Crippen molar-refractivity contribution in [1.29, 1.82) is 0 Å². The minimum Gasteiger partial charge on any atom is -0.512 e. The molecule has 9 heteroatoms. The molecule has 2 unspecified atom stereocenters. The van der Waals surface area contributed by atoms with Crippen molar-refractivity contribution in [1.82, 2.24) is 4.90 Å². The summed E-state index contributed by atoms with van der Waals surface area (Å²) in [5, 5.41) is 28.7. The van der Waals surface area contributed by atoms with Gasteiger partial charge in [-0.1, -0.05) is 0 Å². The van der Waals surface area contributed by atoms with Crippen LogP contribution in [0.3, 0.4) is 0 Å². The van der Waals surface area contributed by atoms with E-state index >= 15 is 0 Å². The Kier molecular flexibility index (Phi) is 7.65. The molecule has 33 heavy (non-hydrogen) atoms. The van der Waals surface area contributed by atoms with E-state index in [0.717, 1.165) is 40.6 Å². The lowest BCUT2D eigenvalue weighted by Gasteiger charge is -2.31. The first-order valence-electron chi connectivity index (χ1n) is 10.8.